The van der Waals surface area contributed by atoms with Gasteiger partial charge in [-0.1, -0.05) is 0 Å². The molecule has 0 aliphatic carbocycles. The summed E-state index contributed by atoms with van der Waals surface area (Å²) in [5, 5.41) is 11.9. The van der Waals surface area contributed by atoms with Crippen molar-refractivity contribution in [3.63, 3.8) is 0 Å². The molecule has 1 aromatic heterocycles. The number of nitrogens with one attached hydrogen (secondary N) is 3. The summed E-state index contributed by atoms with van der Waals surface area (Å²) in [6.07, 6.45) is 0. The Hall–Kier alpha value is -2.05. The van der Waals surface area contributed by atoms with E-state index in [1.807, 2.05) is 6.92 Å². The Morgan fingerprint density at radius 1 is 1.35 bits per heavy atom. The average molecular weight is 239 g/mol. The van der Waals surface area contributed by atoms with Gasteiger partial charge >= 0.3 is 6.03 Å². The Labute approximate surface area is 99.6 Å². The van der Waals surface area contributed by atoms with Crippen molar-refractivity contribution in [1.82, 2.24) is 20.4 Å². The first-order chi connectivity index (χ1) is 7.99. The number of aryl methyl sites for hydroxylation is 2. The number of rotatable bonds is 4. The highest BCUT2D eigenvalue weighted by Crippen LogP contribution is 2.05. The Kier molecular flexibility index (Phi) is 4.50. The van der Waals surface area contributed by atoms with Gasteiger partial charge in [-0.2, -0.15) is 5.10 Å². The molecular weight excluding hydrogens is 222 g/mol. The van der Waals surface area contributed by atoms with Gasteiger partial charge in [-0.15, -0.1) is 0 Å². The molecule has 0 atom stereocenters. The zero-order chi connectivity index (χ0) is 12.8. The average Bonchev–Trinajstić information content (AvgIpc) is 2.52. The van der Waals surface area contributed by atoms with E-state index in [0.717, 1.165) is 5.69 Å². The molecular formula is C10H17N5O2. The Morgan fingerprint density at radius 3 is 2.53 bits per heavy atom. The van der Waals surface area contributed by atoms with E-state index in [1.165, 1.54) is 6.92 Å². The van der Waals surface area contributed by atoms with E-state index in [2.05, 4.69) is 21.0 Å². The molecule has 0 saturated carbocycles. The first kappa shape index (κ1) is 13.0. The number of amides is 3. The first-order valence-corrected chi connectivity index (χ1v) is 5.29. The van der Waals surface area contributed by atoms with Gasteiger partial charge < -0.3 is 10.6 Å². The van der Waals surface area contributed by atoms with Crippen LogP contribution in [0.2, 0.25) is 0 Å². The van der Waals surface area contributed by atoms with E-state index in [-0.39, 0.29) is 11.9 Å². The van der Waals surface area contributed by atoms with E-state index < -0.39 is 0 Å². The van der Waals surface area contributed by atoms with Crippen molar-refractivity contribution in [2.75, 3.05) is 18.4 Å². The van der Waals surface area contributed by atoms with Gasteiger partial charge in [0.1, 0.15) is 0 Å². The minimum absolute atomic E-state index is 0.118. The standard InChI is InChI=1S/C10H17N5O2/c1-7-6-9(14-15(7)3)13-10(17)12-5-4-11-8(2)16/h6H,4-5H2,1-3H3,(H,11,16)(H2,12,13,14,17). The zero-order valence-corrected chi connectivity index (χ0v) is 10.2. The van der Waals surface area contributed by atoms with E-state index in [4.69, 9.17) is 0 Å². The normalized spacial score (nSPS) is 9.82. The Bertz CT molecular complexity index is 393. The van der Waals surface area contributed by atoms with E-state index >= 15 is 0 Å². The van der Waals surface area contributed by atoms with Crippen LogP contribution in [0.3, 0.4) is 0 Å². The van der Waals surface area contributed by atoms with Crippen molar-refractivity contribution >= 4 is 17.8 Å². The quantitative estimate of drug-likeness (QED) is 0.645. The third-order valence-electron chi connectivity index (χ3n) is 2.14. The SMILES string of the molecule is CC(=O)NCCNC(=O)Nc1cc(C)n(C)n1. The molecule has 3 N–H and O–H groups in total. The molecule has 0 aliphatic heterocycles. The van der Waals surface area contributed by atoms with Gasteiger partial charge in [-0.05, 0) is 6.92 Å². The second-order valence-corrected chi connectivity index (χ2v) is 3.66. The predicted octanol–water partition coefficient (Wildman–Crippen LogP) is -0.0139. The van der Waals surface area contributed by atoms with Crippen LogP contribution < -0.4 is 16.0 Å². The van der Waals surface area contributed by atoms with Gasteiger partial charge in [0, 0.05) is 38.8 Å². The van der Waals surface area contributed by atoms with Crippen molar-refractivity contribution in [2.24, 2.45) is 7.05 Å². The number of hydrogen-bond donors (Lipinski definition) is 3. The summed E-state index contributed by atoms with van der Waals surface area (Å²) in [7, 11) is 1.80. The number of anilines is 1. The molecule has 0 radical (unpaired) electrons. The lowest BCUT2D eigenvalue weighted by Crippen LogP contribution is -2.36. The van der Waals surface area contributed by atoms with Crippen molar-refractivity contribution in [2.45, 2.75) is 13.8 Å². The summed E-state index contributed by atoms with van der Waals surface area (Å²) < 4.78 is 1.67. The summed E-state index contributed by atoms with van der Waals surface area (Å²) in [6, 6.07) is 1.43. The summed E-state index contributed by atoms with van der Waals surface area (Å²) in [4.78, 5) is 22.0. The van der Waals surface area contributed by atoms with Gasteiger partial charge in [0.15, 0.2) is 5.82 Å². The van der Waals surface area contributed by atoms with Crippen LogP contribution in [0, 0.1) is 6.92 Å². The van der Waals surface area contributed by atoms with Crippen LogP contribution in [0.4, 0.5) is 10.6 Å². The molecule has 0 bridgehead atoms. The molecule has 7 nitrogen and oxygen atoms in total. The number of carbonyl (C=O) groups excluding carboxylic acids is 2. The fourth-order valence-electron chi connectivity index (χ4n) is 1.20. The van der Waals surface area contributed by atoms with Crippen LogP contribution >= 0.6 is 0 Å². The number of carbonyl (C=O) groups is 2. The van der Waals surface area contributed by atoms with Crippen LogP contribution in [0.1, 0.15) is 12.6 Å². The summed E-state index contributed by atoms with van der Waals surface area (Å²) in [5.74, 6) is 0.384. The summed E-state index contributed by atoms with van der Waals surface area (Å²) in [6.45, 7) is 4.10. The molecule has 7 heteroatoms. The minimum Gasteiger partial charge on any atom is -0.355 e. The predicted molar refractivity (Wildman–Crippen MR) is 63.7 cm³/mol. The third-order valence-corrected chi connectivity index (χ3v) is 2.14. The number of aromatic nitrogens is 2. The van der Waals surface area contributed by atoms with Crippen LogP contribution in [0.15, 0.2) is 6.07 Å². The lowest BCUT2D eigenvalue weighted by molar-refractivity contribution is -0.118. The molecule has 3 amide bonds. The highest BCUT2D eigenvalue weighted by Gasteiger charge is 2.05. The summed E-state index contributed by atoms with van der Waals surface area (Å²) in [5.41, 5.74) is 0.957. The smallest absolute Gasteiger partial charge is 0.320 e. The third kappa shape index (κ3) is 4.54. The molecule has 1 heterocycles. The van der Waals surface area contributed by atoms with Crippen LogP contribution in [-0.2, 0) is 11.8 Å². The molecule has 17 heavy (non-hydrogen) atoms. The molecule has 1 rings (SSSR count). The molecule has 1 aromatic rings. The van der Waals surface area contributed by atoms with Crippen molar-refractivity contribution in [3.8, 4) is 0 Å². The minimum atomic E-state index is -0.339. The topological polar surface area (TPSA) is 88.0 Å². The highest BCUT2D eigenvalue weighted by molar-refractivity contribution is 5.88. The van der Waals surface area contributed by atoms with Crippen LogP contribution in [0.25, 0.3) is 0 Å². The lowest BCUT2D eigenvalue weighted by Gasteiger charge is -2.05. The number of nitrogens with zero attached hydrogens (tertiary/aromatic N) is 2. The van der Waals surface area contributed by atoms with Gasteiger partial charge in [0.05, 0.1) is 0 Å². The second kappa shape index (κ2) is 5.88. The van der Waals surface area contributed by atoms with E-state index in [1.54, 1.807) is 17.8 Å². The number of hydrogen-bond acceptors (Lipinski definition) is 3. The molecule has 0 unspecified atom stereocenters. The lowest BCUT2D eigenvalue weighted by atomic mass is 10.4. The molecule has 0 aromatic carbocycles. The fraction of sp³-hybridized carbons (Fsp3) is 0.500. The van der Waals surface area contributed by atoms with Crippen LogP contribution in [0.5, 0.6) is 0 Å². The molecule has 0 saturated heterocycles. The number of urea groups is 1. The molecule has 0 spiro atoms. The Balaban J connectivity index is 2.27. The maximum atomic E-state index is 11.4. The van der Waals surface area contributed by atoms with Crippen molar-refractivity contribution < 1.29 is 9.59 Å². The van der Waals surface area contributed by atoms with Crippen molar-refractivity contribution in [3.05, 3.63) is 11.8 Å². The molecule has 94 valence electrons. The summed E-state index contributed by atoms with van der Waals surface area (Å²) >= 11 is 0. The van der Waals surface area contributed by atoms with E-state index in [0.29, 0.717) is 18.9 Å². The van der Waals surface area contributed by atoms with Gasteiger partial charge in [-0.25, -0.2) is 4.79 Å². The fourth-order valence-corrected chi connectivity index (χ4v) is 1.20. The monoisotopic (exact) mass is 239 g/mol. The Morgan fingerprint density at radius 2 is 2.00 bits per heavy atom. The van der Waals surface area contributed by atoms with E-state index in [9.17, 15) is 9.59 Å². The maximum Gasteiger partial charge on any atom is 0.320 e. The largest absolute Gasteiger partial charge is 0.355 e. The second-order valence-electron chi connectivity index (χ2n) is 3.66. The van der Waals surface area contributed by atoms with Crippen LogP contribution in [-0.4, -0.2) is 34.8 Å². The zero-order valence-electron chi connectivity index (χ0n) is 10.2. The van der Waals surface area contributed by atoms with Crippen molar-refractivity contribution in [1.29, 1.82) is 0 Å². The highest BCUT2D eigenvalue weighted by atomic mass is 16.2. The first-order valence-electron chi connectivity index (χ1n) is 5.29. The van der Waals surface area contributed by atoms with Gasteiger partial charge in [0.2, 0.25) is 5.91 Å². The van der Waals surface area contributed by atoms with Gasteiger partial charge in [0.25, 0.3) is 0 Å². The maximum absolute atomic E-state index is 11.4. The molecule has 0 aliphatic rings. The molecule has 0 fully saturated rings. The van der Waals surface area contributed by atoms with Gasteiger partial charge in [-0.3, -0.25) is 14.8 Å².